The molecule has 0 atom stereocenters. The highest BCUT2D eigenvalue weighted by molar-refractivity contribution is 7.16. The number of nitrogens with zero attached hydrogens (tertiary/aromatic N) is 1. The second-order valence-electron chi connectivity index (χ2n) is 5.56. The molecule has 0 aliphatic heterocycles. The standard InChI is InChI=1S/C15H22N2O3S/c1-4-17(8-11-6-5-7-11)15(20)16-13-12(14(18)19)9(2)10(3)21-13/h11H,4-8H2,1-3H3,(H,16,20)(H,18,19). The van der Waals surface area contributed by atoms with E-state index in [1.54, 1.807) is 11.8 Å². The number of carboxylic acids is 1. The van der Waals surface area contributed by atoms with Crippen molar-refractivity contribution in [3.63, 3.8) is 0 Å². The second-order valence-corrected chi connectivity index (χ2v) is 6.78. The molecule has 1 saturated carbocycles. The van der Waals surface area contributed by atoms with E-state index >= 15 is 0 Å². The lowest BCUT2D eigenvalue weighted by molar-refractivity contribution is 0.0697. The molecule has 0 bridgehead atoms. The first-order chi connectivity index (χ1) is 9.93. The molecule has 2 rings (SSSR count). The summed E-state index contributed by atoms with van der Waals surface area (Å²) in [6.07, 6.45) is 3.61. The Morgan fingerprint density at radius 2 is 2.05 bits per heavy atom. The monoisotopic (exact) mass is 310 g/mol. The van der Waals surface area contributed by atoms with Gasteiger partial charge in [-0.25, -0.2) is 9.59 Å². The number of hydrogen-bond acceptors (Lipinski definition) is 3. The van der Waals surface area contributed by atoms with E-state index in [-0.39, 0.29) is 11.6 Å². The van der Waals surface area contributed by atoms with Crippen LogP contribution < -0.4 is 5.32 Å². The van der Waals surface area contributed by atoms with Gasteiger partial charge in [-0.3, -0.25) is 5.32 Å². The number of carbonyl (C=O) groups excluding carboxylic acids is 1. The van der Waals surface area contributed by atoms with Gasteiger partial charge in [0.15, 0.2) is 0 Å². The van der Waals surface area contributed by atoms with Crippen LogP contribution >= 0.6 is 11.3 Å². The fraction of sp³-hybridized carbons (Fsp3) is 0.600. The number of hydrogen-bond donors (Lipinski definition) is 2. The van der Waals surface area contributed by atoms with E-state index in [1.165, 1.54) is 30.6 Å². The van der Waals surface area contributed by atoms with Crippen molar-refractivity contribution >= 4 is 28.3 Å². The summed E-state index contributed by atoms with van der Waals surface area (Å²) < 4.78 is 0. The maximum Gasteiger partial charge on any atom is 0.338 e. The minimum absolute atomic E-state index is 0.201. The summed E-state index contributed by atoms with van der Waals surface area (Å²) in [5, 5.41) is 12.5. The van der Waals surface area contributed by atoms with Gasteiger partial charge in [-0.15, -0.1) is 11.3 Å². The topological polar surface area (TPSA) is 69.6 Å². The fourth-order valence-electron chi connectivity index (χ4n) is 2.49. The molecule has 0 radical (unpaired) electrons. The quantitative estimate of drug-likeness (QED) is 0.871. The smallest absolute Gasteiger partial charge is 0.338 e. The van der Waals surface area contributed by atoms with Gasteiger partial charge in [0.05, 0.1) is 5.56 Å². The van der Waals surface area contributed by atoms with E-state index in [9.17, 15) is 14.7 Å². The molecule has 2 amide bonds. The summed E-state index contributed by atoms with van der Waals surface area (Å²) in [5.74, 6) is -0.393. The Hall–Kier alpha value is -1.56. The number of urea groups is 1. The number of aromatic carboxylic acids is 1. The molecule has 1 heterocycles. The molecule has 0 spiro atoms. The highest BCUT2D eigenvalue weighted by Crippen LogP contribution is 2.33. The van der Waals surface area contributed by atoms with E-state index < -0.39 is 5.97 Å². The van der Waals surface area contributed by atoms with Gasteiger partial charge < -0.3 is 10.0 Å². The van der Waals surface area contributed by atoms with Crippen LogP contribution in [0.2, 0.25) is 0 Å². The Bertz CT molecular complexity index is 549. The van der Waals surface area contributed by atoms with Crippen molar-refractivity contribution in [1.82, 2.24) is 4.90 Å². The molecular weight excluding hydrogens is 288 g/mol. The zero-order valence-electron chi connectivity index (χ0n) is 12.7. The predicted molar refractivity (Wildman–Crippen MR) is 84.4 cm³/mol. The van der Waals surface area contributed by atoms with Gasteiger partial charge in [0.1, 0.15) is 5.00 Å². The molecule has 1 aliphatic carbocycles. The zero-order valence-corrected chi connectivity index (χ0v) is 13.5. The van der Waals surface area contributed by atoms with Gasteiger partial charge in [0.2, 0.25) is 0 Å². The fourth-order valence-corrected chi connectivity index (χ4v) is 3.53. The Morgan fingerprint density at radius 3 is 2.52 bits per heavy atom. The lowest BCUT2D eigenvalue weighted by atomic mass is 9.85. The number of thiophene rings is 1. The normalized spacial score (nSPS) is 14.6. The van der Waals surface area contributed by atoms with Crippen LogP contribution in [0.3, 0.4) is 0 Å². The maximum atomic E-state index is 12.3. The molecule has 1 aromatic rings. The van der Waals surface area contributed by atoms with E-state index in [0.717, 1.165) is 17.0 Å². The molecule has 1 aliphatic rings. The van der Waals surface area contributed by atoms with Crippen LogP contribution in [-0.4, -0.2) is 35.1 Å². The molecule has 6 heteroatoms. The third-order valence-electron chi connectivity index (χ3n) is 4.19. The van der Waals surface area contributed by atoms with Crippen LogP contribution in [-0.2, 0) is 0 Å². The minimum Gasteiger partial charge on any atom is -0.478 e. The molecule has 21 heavy (non-hydrogen) atoms. The van der Waals surface area contributed by atoms with Crippen LogP contribution in [0.1, 0.15) is 47.0 Å². The SMILES string of the molecule is CCN(CC1CCC1)C(=O)Nc1sc(C)c(C)c1C(=O)O. The molecule has 116 valence electrons. The zero-order chi connectivity index (χ0) is 15.6. The first kappa shape index (κ1) is 15.8. The Balaban J connectivity index is 2.10. The average molecular weight is 310 g/mol. The van der Waals surface area contributed by atoms with Crippen LogP contribution in [0.25, 0.3) is 0 Å². The third-order valence-corrected chi connectivity index (χ3v) is 5.31. The summed E-state index contributed by atoms with van der Waals surface area (Å²) in [7, 11) is 0. The molecule has 1 aromatic heterocycles. The van der Waals surface area contributed by atoms with Gasteiger partial charge in [-0.2, -0.15) is 0 Å². The van der Waals surface area contributed by atoms with E-state index in [4.69, 9.17) is 0 Å². The van der Waals surface area contributed by atoms with Gasteiger partial charge in [0.25, 0.3) is 0 Å². The Labute approximate surface area is 129 Å². The van der Waals surface area contributed by atoms with Crippen LogP contribution in [0.5, 0.6) is 0 Å². The van der Waals surface area contributed by atoms with Crippen molar-refractivity contribution in [3.8, 4) is 0 Å². The Morgan fingerprint density at radius 1 is 1.38 bits per heavy atom. The number of nitrogens with one attached hydrogen (secondary N) is 1. The van der Waals surface area contributed by atoms with Gasteiger partial charge in [-0.05, 0) is 45.1 Å². The Kier molecular flexibility index (Phi) is 4.88. The van der Waals surface area contributed by atoms with Crippen molar-refractivity contribution in [3.05, 3.63) is 16.0 Å². The molecule has 0 aromatic carbocycles. The van der Waals surface area contributed by atoms with Gasteiger partial charge in [0, 0.05) is 18.0 Å². The van der Waals surface area contributed by atoms with Crippen molar-refractivity contribution in [1.29, 1.82) is 0 Å². The van der Waals surface area contributed by atoms with Crippen LogP contribution in [0, 0.1) is 19.8 Å². The average Bonchev–Trinajstić information content (AvgIpc) is 2.63. The lowest BCUT2D eigenvalue weighted by Gasteiger charge is -2.31. The summed E-state index contributed by atoms with van der Waals surface area (Å²) in [5.41, 5.74) is 0.940. The predicted octanol–water partition coefficient (Wildman–Crippen LogP) is 3.72. The second kappa shape index (κ2) is 6.47. The van der Waals surface area contributed by atoms with Crippen molar-refractivity contribution in [2.45, 2.75) is 40.0 Å². The van der Waals surface area contributed by atoms with Gasteiger partial charge in [-0.1, -0.05) is 6.42 Å². The van der Waals surface area contributed by atoms with Crippen LogP contribution in [0.4, 0.5) is 9.80 Å². The first-order valence-electron chi connectivity index (χ1n) is 7.33. The number of amides is 2. The number of rotatable bonds is 5. The lowest BCUT2D eigenvalue weighted by Crippen LogP contribution is -2.40. The minimum atomic E-state index is -0.991. The number of carbonyl (C=O) groups is 2. The molecule has 1 fully saturated rings. The number of anilines is 1. The summed E-state index contributed by atoms with van der Waals surface area (Å²) >= 11 is 1.32. The molecule has 5 nitrogen and oxygen atoms in total. The molecule has 0 unspecified atom stereocenters. The highest BCUT2D eigenvalue weighted by Gasteiger charge is 2.25. The van der Waals surface area contributed by atoms with E-state index in [2.05, 4.69) is 5.32 Å². The summed E-state index contributed by atoms with van der Waals surface area (Å²) in [4.78, 5) is 26.4. The maximum absolute atomic E-state index is 12.3. The van der Waals surface area contributed by atoms with E-state index in [1.807, 2.05) is 13.8 Å². The van der Waals surface area contributed by atoms with Crippen molar-refractivity contribution in [2.75, 3.05) is 18.4 Å². The summed E-state index contributed by atoms with van der Waals surface area (Å²) in [6, 6.07) is -0.201. The number of carboxylic acid groups (broad SMARTS) is 1. The van der Waals surface area contributed by atoms with Gasteiger partial charge >= 0.3 is 12.0 Å². The summed E-state index contributed by atoms with van der Waals surface area (Å²) in [6.45, 7) is 6.98. The third kappa shape index (κ3) is 3.37. The first-order valence-corrected chi connectivity index (χ1v) is 8.14. The molecule has 2 N–H and O–H groups in total. The largest absolute Gasteiger partial charge is 0.478 e. The number of aryl methyl sites for hydroxylation is 1. The van der Waals surface area contributed by atoms with Crippen LogP contribution in [0.15, 0.2) is 0 Å². The van der Waals surface area contributed by atoms with Crippen molar-refractivity contribution in [2.24, 2.45) is 5.92 Å². The molecule has 0 saturated heterocycles. The van der Waals surface area contributed by atoms with E-state index in [0.29, 0.717) is 17.5 Å². The van der Waals surface area contributed by atoms with Crippen molar-refractivity contribution < 1.29 is 14.7 Å². The highest BCUT2D eigenvalue weighted by atomic mass is 32.1. The molecular formula is C15H22N2O3S.